The SMILES string of the molecule is CC(C)CCn1c(=O)c(C2=NS(=O)(=O)c3ccccc3N2)c(O)c2c(O)c(O)ccc21. The molecule has 31 heavy (non-hydrogen) atoms. The van der Waals surface area contributed by atoms with Gasteiger partial charge in [0.25, 0.3) is 15.6 Å². The molecule has 10 heteroatoms. The van der Waals surface area contributed by atoms with Crippen LogP contribution in [0.25, 0.3) is 10.9 Å². The van der Waals surface area contributed by atoms with E-state index in [1.807, 2.05) is 13.8 Å². The highest BCUT2D eigenvalue weighted by atomic mass is 32.2. The Kier molecular flexibility index (Phi) is 4.89. The molecule has 0 radical (unpaired) electrons. The molecule has 4 rings (SSSR count). The van der Waals surface area contributed by atoms with Crippen molar-refractivity contribution in [2.45, 2.75) is 31.7 Å². The van der Waals surface area contributed by atoms with Crippen LogP contribution in [0.1, 0.15) is 25.8 Å². The Labute approximate surface area is 178 Å². The molecule has 0 saturated heterocycles. The van der Waals surface area contributed by atoms with Gasteiger partial charge >= 0.3 is 0 Å². The van der Waals surface area contributed by atoms with Gasteiger partial charge in [0.15, 0.2) is 17.3 Å². The molecule has 0 fully saturated rings. The van der Waals surface area contributed by atoms with Gasteiger partial charge in [-0.2, -0.15) is 8.42 Å². The Balaban J connectivity index is 2.04. The van der Waals surface area contributed by atoms with Crippen LogP contribution >= 0.6 is 0 Å². The Morgan fingerprint density at radius 2 is 1.77 bits per heavy atom. The van der Waals surface area contributed by atoms with Gasteiger partial charge in [-0.15, -0.1) is 4.40 Å². The topological polar surface area (TPSA) is 141 Å². The number of sulfonamides is 1. The van der Waals surface area contributed by atoms with Gasteiger partial charge in [-0.1, -0.05) is 26.0 Å². The van der Waals surface area contributed by atoms with E-state index in [9.17, 15) is 28.5 Å². The van der Waals surface area contributed by atoms with Crippen LogP contribution in [-0.4, -0.2) is 34.1 Å². The van der Waals surface area contributed by atoms with E-state index in [2.05, 4.69) is 9.71 Å². The van der Waals surface area contributed by atoms with Crippen LogP contribution in [0.5, 0.6) is 17.2 Å². The standard InChI is InChI=1S/C21H21N3O6S/c1-11(2)9-10-24-13-7-8-14(25)18(26)16(13)19(27)17(21(24)28)20-22-12-5-3-4-6-15(12)31(29,30)23-20/h3-8,11,25-27H,9-10H2,1-2H3,(H,22,23). The highest BCUT2D eigenvalue weighted by Gasteiger charge is 2.30. The van der Waals surface area contributed by atoms with E-state index in [0.29, 0.717) is 6.42 Å². The summed E-state index contributed by atoms with van der Waals surface area (Å²) in [4.78, 5) is 13.3. The summed E-state index contributed by atoms with van der Waals surface area (Å²) in [5, 5.41) is 33.9. The van der Waals surface area contributed by atoms with E-state index in [1.54, 1.807) is 12.1 Å². The number of anilines is 1. The van der Waals surface area contributed by atoms with Crippen molar-refractivity contribution >= 4 is 32.4 Å². The molecule has 0 spiro atoms. The van der Waals surface area contributed by atoms with Gasteiger partial charge in [-0.05, 0) is 36.6 Å². The maximum Gasteiger partial charge on any atom is 0.286 e. The zero-order valence-electron chi connectivity index (χ0n) is 16.8. The lowest BCUT2D eigenvalue weighted by Crippen LogP contribution is -2.33. The molecule has 0 saturated carbocycles. The number of benzene rings is 2. The number of aromatic nitrogens is 1. The molecule has 1 aromatic heterocycles. The van der Waals surface area contributed by atoms with Crippen molar-refractivity contribution in [3.63, 3.8) is 0 Å². The molecule has 2 heterocycles. The highest BCUT2D eigenvalue weighted by Crippen LogP contribution is 2.40. The minimum atomic E-state index is -4.13. The Morgan fingerprint density at radius 1 is 1.06 bits per heavy atom. The summed E-state index contributed by atoms with van der Waals surface area (Å²) in [6, 6.07) is 8.70. The van der Waals surface area contributed by atoms with E-state index < -0.39 is 38.4 Å². The van der Waals surface area contributed by atoms with Crippen LogP contribution in [0.2, 0.25) is 0 Å². The predicted octanol–water partition coefficient (Wildman–Crippen LogP) is 2.73. The zero-order chi connectivity index (χ0) is 22.5. The number of para-hydroxylation sites is 1. The van der Waals surface area contributed by atoms with Gasteiger partial charge < -0.3 is 25.2 Å². The molecule has 3 aromatic rings. The molecule has 0 unspecified atom stereocenters. The first-order valence-electron chi connectivity index (χ1n) is 9.63. The van der Waals surface area contributed by atoms with Gasteiger partial charge in [0.05, 0.1) is 16.6 Å². The fourth-order valence-electron chi connectivity index (χ4n) is 3.54. The van der Waals surface area contributed by atoms with Crippen molar-refractivity contribution in [3.8, 4) is 17.2 Å². The Bertz CT molecular complexity index is 1410. The fraction of sp³-hybridized carbons (Fsp3) is 0.238. The number of phenols is 2. The lowest BCUT2D eigenvalue weighted by Gasteiger charge is -2.21. The zero-order valence-corrected chi connectivity index (χ0v) is 17.6. The molecule has 0 amide bonds. The molecular formula is C21H21N3O6S. The number of hydrogen-bond donors (Lipinski definition) is 4. The summed E-state index contributed by atoms with van der Waals surface area (Å²) in [5.74, 6) is -1.88. The average Bonchev–Trinajstić information content (AvgIpc) is 2.69. The molecule has 0 bridgehead atoms. The van der Waals surface area contributed by atoms with Crippen molar-refractivity contribution in [3.05, 3.63) is 52.3 Å². The van der Waals surface area contributed by atoms with Gasteiger partial charge in [0.1, 0.15) is 16.2 Å². The Hall–Kier alpha value is -3.53. The van der Waals surface area contributed by atoms with Crippen LogP contribution < -0.4 is 10.9 Å². The third kappa shape index (κ3) is 3.38. The van der Waals surface area contributed by atoms with Gasteiger partial charge in [-0.3, -0.25) is 4.79 Å². The minimum Gasteiger partial charge on any atom is -0.506 e. The first-order chi connectivity index (χ1) is 14.6. The monoisotopic (exact) mass is 443 g/mol. The van der Waals surface area contributed by atoms with E-state index in [-0.39, 0.29) is 39.8 Å². The second-order valence-electron chi connectivity index (χ2n) is 7.73. The number of rotatable bonds is 4. The van der Waals surface area contributed by atoms with Crippen LogP contribution in [0.3, 0.4) is 0 Å². The molecule has 4 N–H and O–H groups in total. The summed E-state index contributed by atoms with van der Waals surface area (Å²) >= 11 is 0. The summed E-state index contributed by atoms with van der Waals surface area (Å²) in [6.07, 6.45) is 0.613. The van der Waals surface area contributed by atoms with Crippen LogP contribution in [0, 0.1) is 5.92 Å². The summed E-state index contributed by atoms with van der Waals surface area (Å²) < 4.78 is 30.4. The van der Waals surface area contributed by atoms with E-state index >= 15 is 0 Å². The van der Waals surface area contributed by atoms with Gasteiger partial charge in [0, 0.05) is 6.54 Å². The lowest BCUT2D eigenvalue weighted by molar-refractivity contribution is 0.404. The lowest BCUT2D eigenvalue weighted by atomic mass is 10.1. The second kappa shape index (κ2) is 7.31. The summed E-state index contributed by atoms with van der Waals surface area (Å²) in [7, 11) is -4.13. The number of nitrogens with zero attached hydrogens (tertiary/aromatic N) is 2. The van der Waals surface area contributed by atoms with E-state index in [0.717, 1.165) is 0 Å². The second-order valence-corrected chi connectivity index (χ2v) is 9.30. The van der Waals surface area contributed by atoms with Gasteiger partial charge in [0.2, 0.25) is 0 Å². The van der Waals surface area contributed by atoms with Gasteiger partial charge in [-0.25, -0.2) is 0 Å². The molecule has 1 aliphatic heterocycles. The summed E-state index contributed by atoms with van der Waals surface area (Å²) in [5.41, 5.74) is -0.658. The van der Waals surface area contributed by atoms with Crippen molar-refractivity contribution in [1.82, 2.24) is 4.57 Å². The molecule has 9 nitrogen and oxygen atoms in total. The van der Waals surface area contributed by atoms with Crippen LogP contribution in [-0.2, 0) is 16.6 Å². The third-order valence-corrected chi connectivity index (χ3v) is 6.49. The Morgan fingerprint density at radius 3 is 2.48 bits per heavy atom. The number of fused-ring (bicyclic) bond motifs is 2. The number of aromatic hydroxyl groups is 3. The average molecular weight is 443 g/mol. The summed E-state index contributed by atoms with van der Waals surface area (Å²) in [6.45, 7) is 4.21. The van der Waals surface area contributed by atoms with Crippen LogP contribution in [0.15, 0.2) is 50.5 Å². The normalized spacial score (nSPS) is 14.9. The number of aryl methyl sites for hydroxylation is 1. The molecule has 2 aromatic carbocycles. The molecular weight excluding hydrogens is 422 g/mol. The largest absolute Gasteiger partial charge is 0.506 e. The number of nitrogens with one attached hydrogen (secondary N) is 1. The highest BCUT2D eigenvalue weighted by molar-refractivity contribution is 7.90. The van der Waals surface area contributed by atoms with Crippen molar-refractivity contribution in [2.75, 3.05) is 5.32 Å². The first kappa shape index (κ1) is 20.7. The van der Waals surface area contributed by atoms with Crippen LogP contribution in [0.4, 0.5) is 5.69 Å². The van der Waals surface area contributed by atoms with Crippen molar-refractivity contribution < 1.29 is 23.7 Å². The number of hydrogen-bond acceptors (Lipinski definition) is 7. The maximum absolute atomic E-state index is 13.4. The molecule has 162 valence electrons. The van der Waals surface area contributed by atoms with Crippen molar-refractivity contribution in [2.24, 2.45) is 10.3 Å². The maximum atomic E-state index is 13.4. The fourth-order valence-corrected chi connectivity index (χ4v) is 4.67. The first-order valence-corrected chi connectivity index (χ1v) is 11.1. The number of pyridine rings is 1. The van der Waals surface area contributed by atoms with Crippen molar-refractivity contribution in [1.29, 1.82) is 0 Å². The predicted molar refractivity (Wildman–Crippen MR) is 116 cm³/mol. The quantitative estimate of drug-likeness (QED) is 0.454. The molecule has 0 atom stereocenters. The van der Waals surface area contributed by atoms with E-state index in [4.69, 9.17) is 0 Å². The molecule has 1 aliphatic rings. The third-order valence-electron chi connectivity index (χ3n) is 5.15. The molecule has 0 aliphatic carbocycles. The number of amidine groups is 1. The number of phenolic OH excluding ortho intramolecular Hbond substituents is 2. The minimum absolute atomic E-state index is 0.0559. The smallest absolute Gasteiger partial charge is 0.286 e. The van der Waals surface area contributed by atoms with E-state index in [1.165, 1.54) is 28.8 Å².